The highest BCUT2D eigenvalue weighted by molar-refractivity contribution is 9.10. The number of benzene rings is 1. The summed E-state index contributed by atoms with van der Waals surface area (Å²) < 4.78 is 14.1. The van der Waals surface area contributed by atoms with Gasteiger partial charge in [0.2, 0.25) is 5.91 Å². The van der Waals surface area contributed by atoms with Crippen LogP contribution in [-0.4, -0.2) is 19.5 Å². The van der Waals surface area contributed by atoms with E-state index >= 15 is 0 Å². The molecule has 3 nitrogen and oxygen atoms in total. The van der Waals surface area contributed by atoms with Crippen LogP contribution < -0.4 is 10.6 Å². The molecule has 0 saturated carbocycles. The minimum absolute atomic E-state index is 0.00323. The lowest BCUT2D eigenvalue weighted by molar-refractivity contribution is -0.120. The maximum Gasteiger partial charge on any atom is 0.219 e. The van der Waals surface area contributed by atoms with Crippen LogP contribution in [-0.2, 0) is 4.79 Å². The fourth-order valence-corrected chi connectivity index (χ4v) is 1.59. The van der Waals surface area contributed by atoms with Gasteiger partial charge in [-0.2, -0.15) is 0 Å². The van der Waals surface area contributed by atoms with Crippen molar-refractivity contribution < 1.29 is 9.18 Å². The minimum Gasteiger partial charge on any atom is -0.383 e. The number of rotatable bonds is 5. The van der Waals surface area contributed by atoms with Gasteiger partial charge in [-0.3, -0.25) is 4.79 Å². The molecule has 0 saturated heterocycles. The number of anilines is 1. The summed E-state index contributed by atoms with van der Waals surface area (Å²) in [7, 11) is 1.60. The van der Waals surface area contributed by atoms with Crippen LogP contribution in [0.25, 0.3) is 0 Å². The molecule has 0 aliphatic heterocycles. The fourth-order valence-electron chi connectivity index (χ4n) is 1.23. The van der Waals surface area contributed by atoms with E-state index in [9.17, 15) is 9.18 Å². The van der Waals surface area contributed by atoms with Gasteiger partial charge in [0.05, 0.1) is 5.69 Å². The average molecular weight is 289 g/mol. The van der Waals surface area contributed by atoms with Crippen LogP contribution in [0.15, 0.2) is 22.7 Å². The monoisotopic (exact) mass is 288 g/mol. The van der Waals surface area contributed by atoms with E-state index in [0.29, 0.717) is 25.1 Å². The summed E-state index contributed by atoms with van der Waals surface area (Å²) in [5, 5.41) is 5.48. The fraction of sp³-hybridized carbons (Fsp3) is 0.364. The standard InChI is InChI=1S/C11H14BrFN2O/c1-14-11(16)3-2-6-15-10-7-8(12)4-5-9(10)13/h4-5,7,15H,2-3,6H2,1H3,(H,14,16). The maximum atomic E-state index is 13.3. The van der Waals surface area contributed by atoms with Crippen molar-refractivity contribution in [3.63, 3.8) is 0 Å². The molecular formula is C11H14BrFN2O. The van der Waals surface area contributed by atoms with Crippen molar-refractivity contribution >= 4 is 27.5 Å². The van der Waals surface area contributed by atoms with Gasteiger partial charge in [-0.25, -0.2) is 4.39 Å². The van der Waals surface area contributed by atoms with Crippen LogP contribution in [0.5, 0.6) is 0 Å². The molecule has 1 rings (SSSR count). The van der Waals surface area contributed by atoms with Crippen LogP contribution in [0.3, 0.4) is 0 Å². The summed E-state index contributed by atoms with van der Waals surface area (Å²) in [6.07, 6.45) is 1.12. The molecule has 0 bridgehead atoms. The molecule has 0 heterocycles. The Labute approximate surface area is 103 Å². The molecule has 0 unspecified atom stereocenters. The van der Waals surface area contributed by atoms with Gasteiger partial charge in [0, 0.05) is 24.5 Å². The Hall–Kier alpha value is -1.10. The normalized spacial score (nSPS) is 9.94. The van der Waals surface area contributed by atoms with Crippen LogP contribution in [0.4, 0.5) is 10.1 Å². The zero-order valence-electron chi connectivity index (χ0n) is 9.02. The number of hydrogen-bond acceptors (Lipinski definition) is 2. The molecule has 0 spiro atoms. The molecule has 0 aliphatic carbocycles. The average Bonchev–Trinajstić information content (AvgIpc) is 2.28. The summed E-state index contributed by atoms with van der Waals surface area (Å²) >= 11 is 3.27. The second-order valence-corrected chi connectivity index (χ2v) is 4.24. The van der Waals surface area contributed by atoms with Crippen molar-refractivity contribution in [3.05, 3.63) is 28.5 Å². The van der Waals surface area contributed by atoms with Crippen molar-refractivity contribution in [2.45, 2.75) is 12.8 Å². The highest BCUT2D eigenvalue weighted by atomic mass is 79.9. The van der Waals surface area contributed by atoms with Crippen molar-refractivity contribution in [1.29, 1.82) is 0 Å². The first-order valence-corrected chi connectivity index (χ1v) is 5.82. The van der Waals surface area contributed by atoms with E-state index in [1.165, 1.54) is 6.07 Å². The molecule has 16 heavy (non-hydrogen) atoms. The van der Waals surface area contributed by atoms with Crippen LogP contribution >= 0.6 is 15.9 Å². The van der Waals surface area contributed by atoms with E-state index in [0.717, 1.165) is 4.47 Å². The molecule has 1 aromatic rings. The number of carbonyl (C=O) groups excluding carboxylic acids is 1. The highest BCUT2D eigenvalue weighted by Gasteiger charge is 2.02. The Kier molecular flexibility index (Phi) is 5.25. The number of hydrogen-bond donors (Lipinski definition) is 2. The van der Waals surface area contributed by atoms with E-state index in [4.69, 9.17) is 0 Å². The van der Waals surface area contributed by atoms with Gasteiger partial charge in [0.1, 0.15) is 5.82 Å². The third kappa shape index (κ3) is 4.18. The van der Waals surface area contributed by atoms with E-state index < -0.39 is 0 Å². The molecule has 1 amide bonds. The van der Waals surface area contributed by atoms with Crippen LogP contribution in [0.1, 0.15) is 12.8 Å². The molecule has 0 aliphatic rings. The van der Waals surface area contributed by atoms with Gasteiger partial charge >= 0.3 is 0 Å². The van der Waals surface area contributed by atoms with E-state index in [2.05, 4.69) is 26.6 Å². The predicted octanol–water partition coefficient (Wildman–Crippen LogP) is 2.53. The lowest BCUT2D eigenvalue weighted by Gasteiger charge is -2.07. The zero-order valence-corrected chi connectivity index (χ0v) is 10.6. The number of amides is 1. The zero-order chi connectivity index (χ0) is 12.0. The second-order valence-electron chi connectivity index (χ2n) is 3.33. The SMILES string of the molecule is CNC(=O)CCCNc1cc(Br)ccc1F. The van der Waals surface area contributed by atoms with Crippen molar-refractivity contribution in [2.24, 2.45) is 0 Å². The highest BCUT2D eigenvalue weighted by Crippen LogP contribution is 2.19. The first-order valence-electron chi connectivity index (χ1n) is 5.03. The number of carbonyl (C=O) groups is 1. The number of nitrogens with one attached hydrogen (secondary N) is 2. The molecule has 0 fully saturated rings. The first kappa shape index (κ1) is 13.0. The summed E-state index contributed by atoms with van der Waals surface area (Å²) in [6.45, 7) is 0.570. The number of halogens is 2. The van der Waals surface area contributed by atoms with Gasteiger partial charge < -0.3 is 10.6 Å². The molecule has 1 aromatic carbocycles. The maximum absolute atomic E-state index is 13.3. The molecule has 2 N–H and O–H groups in total. The van der Waals surface area contributed by atoms with E-state index in [1.54, 1.807) is 19.2 Å². The van der Waals surface area contributed by atoms with Crippen LogP contribution in [0, 0.1) is 5.82 Å². The Balaban J connectivity index is 2.37. The molecule has 0 aromatic heterocycles. The summed E-state index contributed by atoms with van der Waals surface area (Å²) in [5.74, 6) is -0.292. The molecular weight excluding hydrogens is 275 g/mol. The van der Waals surface area contributed by atoms with Crippen molar-refractivity contribution in [2.75, 3.05) is 18.9 Å². The summed E-state index contributed by atoms with van der Waals surface area (Å²) in [5.41, 5.74) is 0.450. The summed E-state index contributed by atoms with van der Waals surface area (Å²) in [4.78, 5) is 10.9. The predicted molar refractivity (Wildman–Crippen MR) is 65.9 cm³/mol. The molecule has 0 atom stereocenters. The second kappa shape index (κ2) is 6.48. The lowest BCUT2D eigenvalue weighted by atomic mass is 10.2. The van der Waals surface area contributed by atoms with Gasteiger partial charge in [-0.1, -0.05) is 15.9 Å². The van der Waals surface area contributed by atoms with Gasteiger partial charge in [0.15, 0.2) is 0 Å². The Bertz CT molecular complexity index is 371. The topological polar surface area (TPSA) is 41.1 Å². The molecule has 0 radical (unpaired) electrons. The molecule has 88 valence electrons. The minimum atomic E-state index is -0.289. The van der Waals surface area contributed by atoms with Gasteiger partial charge in [-0.15, -0.1) is 0 Å². The first-order chi connectivity index (χ1) is 7.63. The smallest absolute Gasteiger partial charge is 0.219 e. The third-order valence-electron chi connectivity index (χ3n) is 2.10. The quantitative estimate of drug-likeness (QED) is 0.818. The van der Waals surface area contributed by atoms with Crippen molar-refractivity contribution in [1.82, 2.24) is 5.32 Å². The van der Waals surface area contributed by atoms with Gasteiger partial charge in [-0.05, 0) is 24.6 Å². The van der Waals surface area contributed by atoms with E-state index in [-0.39, 0.29) is 11.7 Å². The Morgan fingerprint density at radius 1 is 1.50 bits per heavy atom. The van der Waals surface area contributed by atoms with Gasteiger partial charge in [0.25, 0.3) is 0 Å². The summed E-state index contributed by atoms with van der Waals surface area (Å²) in [6, 6.07) is 4.71. The molecule has 5 heteroatoms. The van der Waals surface area contributed by atoms with Crippen molar-refractivity contribution in [3.8, 4) is 0 Å². The Morgan fingerprint density at radius 2 is 2.25 bits per heavy atom. The van der Waals surface area contributed by atoms with Crippen LogP contribution in [0.2, 0.25) is 0 Å². The largest absolute Gasteiger partial charge is 0.383 e. The van der Waals surface area contributed by atoms with E-state index in [1.807, 2.05) is 0 Å². The third-order valence-corrected chi connectivity index (χ3v) is 2.60. The lowest BCUT2D eigenvalue weighted by Crippen LogP contribution is -2.18. The Morgan fingerprint density at radius 3 is 2.94 bits per heavy atom.